The van der Waals surface area contributed by atoms with Gasteiger partial charge in [0.05, 0.1) is 4.92 Å². The fourth-order valence-corrected chi connectivity index (χ4v) is 2.63. The van der Waals surface area contributed by atoms with Gasteiger partial charge in [-0.15, -0.1) is 0 Å². The fourth-order valence-electron chi connectivity index (χ4n) is 2.12. The number of carbonyl (C=O) groups excluding carboxylic acids is 1. The third-order valence-corrected chi connectivity index (χ3v) is 3.83. The van der Waals surface area contributed by atoms with E-state index in [9.17, 15) is 14.9 Å². The largest absolute Gasteiger partial charge is 0.482 e. The lowest BCUT2D eigenvalue weighted by Gasteiger charge is -2.15. The number of alkyl halides is 1. The van der Waals surface area contributed by atoms with Crippen molar-refractivity contribution in [3.8, 4) is 5.75 Å². The van der Waals surface area contributed by atoms with Crippen LogP contribution < -0.4 is 4.74 Å². The molecule has 0 spiro atoms. The average Bonchev–Trinajstić information content (AvgIpc) is 2.58. The standard InChI is InChI=1S/C17H16BrNO5/c1-12(20)24-17(10-18)14-7-8-16(15(9-14)19(21)22)23-11-13-5-3-2-4-6-13/h2-9,17H,10-11H2,1H3/t17-/m1/s1. The zero-order chi connectivity index (χ0) is 17.5. The minimum atomic E-state index is -0.593. The zero-order valence-corrected chi connectivity index (χ0v) is 14.6. The molecular formula is C17H16BrNO5. The first kappa shape index (κ1) is 17.9. The Morgan fingerprint density at radius 1 is 1.25 bits per heavy atom. The van der Waals surface area contributed by atoms with Crippen LogP contribution in [0.15, 0.2) is 48.5 Å². The van der Waals surface area contributed by atoms with Crippen LogP contribution in [0.4, 0.5) is 5.69 Å². The quantitative estimate of drug-likeness (QED) is 0.305. The first-order valence-electron chi connectivity index (χ1n) is 7.19. The first-order valence-corrected chi connectivity index (χ1v) is 8.31. The number of carbonyl (C=O) groups is 1. The molecule has 0 fully saturated rings. The maximum Gasteiger partial charge on any atom is 0.311 e. The molecule has 0 aromatic heterocycles. The highest BCUT2D eigenvalue weighted by Gasteiger charge is 2.21. The van der Waals surface area contributed by atoms with E-state index in [2.05, 4.69) is 15.9 Å². The molecule has 0 heterocycles. The summed E-state index contributed by atoms with van der Waals surface area (Å²) in [5.74, 6) is -0.282. The molecule has 0 aliphatic heterocycles. The molecule has 0 bridgehead atoms. The predicted molar refractivity (Wildman–Crippen MR) is 92.2 cm³/mol. The van der Waals surface area contributed by atoms with Gasteiger partial charge < -0.3 is 9.47 Å². The van der Waals surface area contributed by atoms with E-state index in [0.29, 0.717) is 10.9 Å². The Labute approximate surface area is 147 Å². The van der Waals surface area contributed by atoms with Crippen molar-refractivity contribution >= 4 is 27.6 Å². The maximum atomic E-state index is 11.3. The van der Waals surface area contributed by atoms with Gasteiger partial charge in [-0.25, -0.2) is 0 Å². The van der Waals surface area contributed by atoms with Gasteiger partial charge in [0.2, 0.25) is 0 Å². The van der Waals surface area contributed by atoms with Crippen LogP contribution in [0, 0.1) is 10.1 Å². The SMILES string of the molecule is CC(=O)O[C@H](CBr)c1ccc(OCc2ccccc2)c([N+](=O)[O-])c1. The summed E-state index contributed by atoms with van der Waals surface area (Å²) in [7, 11) is 0. The summed E-state index contributed by atoms with van der Waals surface area (Å²) in [6.07, 6.45) is -0.593. The number of esters is 1. The number of nitro benzene ring substituents is 1. The van der Waals surface area contributed by atoms with Gasteiger partial charge in [0, 0.05) is 23.9 Å². The van der Waals surface area contributed by atoms with Crippen LogP contribution in [0.25, 0.3) is 0 Å². The van der Waals surface area contributed by atoms with Crippen LogP contribution in [-0.4, -0.2) is 16.2 Å². The molecule has 0 amide bonds. The van der Waals surface area contributed by atoms with E-state index >= 15 is 0 Å². The molecular weight excluding hydrogens is 378 g/mol. The van der Waals surface area contributed by atoms with Crippen LogP contribution in [0.2, 0.25) is 0 Å². The van der Waals surface area contributed by atoms with Crippen LogP contribution >= 0.6 is 15.9 Å². The Morgan fingerprint density at radius 3 is 2.54 bits per heavy atom. The number of nitrogens with zero attached hydrogens (tertiary/aromatic N) is 1. The topological polar surface area (TPSA) is 78.7 Å². The molecule has 2 rings (SSSR count). The van der Waals surface area contributed by atoms with Crippen molar-refractivity contribution in [2.24, 2.45) is 0 Å². The van der Waals surface area contributed by atoms with Crippen molar-refractivity contribution in [2.45, 2.75) is 19.6 Å². The van der Waals surface area contributed by atoms with Gasteiger partial charge in [0.15, 0.2) is 5.75 Å². The molecule has 0 saturated carbocycles. The third-order valence-electron chi connectivity index (χ3n) is 3.24. The van der Waals surface area contributed by atoms with E-state index in [-0.39, 0.29) is 18.0 Å². The lowest BCUT2D eigenvalue weighted by atomic mass is 10.1. The smallest absolute Gasteiger partial charge is 0.311 e. The highest BCUT2D eigenvalue weighted by molar-refractivity contribution is 9.09. The summed E-state index contributed by atoms with van der Waals surface area (Å²) >= 11 is 3.24. The van der Waals surface area contributed by atoms with E-state index in [1.54, 1.807) is 6.07 Å². The van der Waals surface area contributed by atoms with Gasteiger partial charge in [0.1, 0.15) is 12.7 Å². The predicted octanol–water partition coefficient (Wildman–Crippen LogP) is 4.17. The van der Waals surface area contributed by atoms with Crippen molar-refractivity contribution in [1.82, 2.24) is 0 Å². The molecule has 6 nitrogen and oxygen atoms in total. The van der Waals surface area contributed by atoms with Crippen molar-refractivity contribution in [3.63, 3.8) is 0 Å². The van der Waals surface area contributed by atoms with Crippen LogP contribution in [0.5, 0.6) is 5.75 Å². The molecule has 24 heavy (non-hydrogen) atoms. The second-order valence-corrected chi connectivity index (χ2v) is 5.66. The molecule has 0 aliphatic rings. The number of hydrogen-bond acceptors (Lipinski definition) is 5. The van der Waals surface area contributed by atoms with Crippen LogP contribution in [0.3, 0.4) is 0 Å². The number of nitro groups is 1. The monoisotopic (exact) mass is 393 g/mol. The lowest BCUT2D eigenvalue weighted by molar-refractivity contribution is -0.386. The van der Waals surface area contributed by atoms with Gasteiger partial charge >= 0.3 is 11.7 Å². The Morgan fingerprint density at radius 2 is 1.96 bits per heavy atom. The van der Waals surface area contributed by atoms with Crippen molar-refractivity contribution in [1.29, 1.82) is 0 Å². The second-order valence-electron chi connectivity index (χ2n) is 5.01. The van der Waals surface area contributed by atoms with Gasteiger partial charge in [-0.05, 0) is 11.6 Å². The minimum Gasteiger partial charge on any atom is -0.482 e. The molecule has 0 radical (unpaired) electrons. The Kier molecular flexibility index (Phi) is 6.31. The molecule has 0 aliphatic carbocycles. The maximum absolute atomic E-state index is 11.3. The van der Waals surface area contributed by atoms with E-state index in [0.717, 1.165) is 5.56 Å². The normalized spacial score (nSPS) is 11.6. The van der Waals surface area contributed by atoms with Gasteiger partial charge in [-0.2, -0.15) is 0 Å². The highest BCUT2D eigenvalue weighted by atomic mass is 79.9. The number of benzene rings is 2. The fraction of sp³-hybridized carbons (Fsp3) is 0.235. The van der Waals surface area contributed by atoms with Gasteiger partial charge in [-0.1, -0.05) is 52.3 Å². The molecule has 0 N–H and O–H groups in total. The highest BCUT2D eigenvalue weighted by Crippen LogP contribution is 2.32. The van der Waals surface area contributed by atoms with Crippen LogP contribution in [-0.2, 0) is 16.1 Å². The summed E-state index contributed by atoms with van der Waals surface area (Å²) in [4.78, 5) is 21.9. The van der Waals surface area contributed by atoms with Gasteiger partial charge in [-0.3, -0.25) is 14.9 Å². The van der Waals surface area contributed by atoms with Crippen molar-refractivity contribution in [3.05, 3.63) is 69.8 Å². The summed E-state index contributed by atoms with van der Waals surface area (Å²) in [5.41, 5.74) is 1.27. The number of rotatable bonds is 7. The Bertz CT molecular complexity index is 720. The molecule has 7 heteroatoms. The van der Waals surface area contributed by atoms with Crippen LogP contribution in [0.1, 0.15) is 24.2 Å². The molecule has 126 valence electrons. The van der Waals surface area contributed by atoms with E-state index in [1.165, 1.54) is 19.1 Å². The molecule has 0 unspecified atom stereocenters. The number of ether oxygens (including phenoxy) is 2. The summed E-state index contributed by atoms with van der Waals surface area (Å²) in [6, 6.07) is 13.9. The van der Waals surface area contributed by atoms with E-state index < -0.39 is 17.0 Å². The number of halogens is 1. The first-order chi connectivity index (χ1) is 11.5. The summed E-state index contributed by atoms with van der Waals surface area (Å²) in [6.45, 7) is 1.52. The van der Waals surface area contributed by atoms with Gasteiger partial charge in [0.25, 0.3) is 0 Å². The van der Waals surface area contributed by atoms with E-state index in [4.69, 9.17) is 9.47 Å². The van der Waals surface area contributed by atoms with Crippen molar-refractivity contribution in [2.75, 3.05) is 5.33 Å². The second kappa shape index (κ2) is 8.44. The van der Waals surface area contributed by atoms with E-state index in [1.807, 2.05) is 30.3 Å². The molecule has 0 saturated heterocycles. The van der Waals surface area contributed by atoms with Crippen molar-refractivity contribution < 1.29 is 19.2 Å². The molecule has 2 aromatic rings. The Hall–Kier alpha value is -2.41. The molecule has 2 aromatic carbocycles. The number of hydrogen-bond donors (Lipinski definition) is 0. The average molecular weight is 394 g/mol. The summed E-state index contributed by atoms with van der Waals surface area (Å²) in [5, 5.41) is 11.7. The molecule has 1 atom stereocenters. The lowest BCUT2D eigenvalue weighted by Crippen LogP contribution is -2.10. The zero-order valence-electron chi connectivity index (χ0n) is 13.0. The summed E-state index contributed by atoms with van der Waals surface area (Å²) < 4.78 is 10.7. The third kappa shape index (κ3) is 4.79. The minimum absolute atomic E-state index is 0.165. The Balaban J connectivity index is 2.23.